The number of likely N-dealkylation sites (tertiary alicyclic amines) is 1. The number of rotatable bonds is 6. The van der Waals surface area contributed by atoms with E-state index in [9.17, 15) is 9.59 Å². The zero-order valence-electron chi connectivity index (χ0n) is 16.6. The van der Waals surface area contributed by atoms with Gasteiger partial charge in [0.15, 0.2) is 0 Å². The highest BCUT2D eigenvalue weighted by Gasteiger charge is 2.27. The second-order valence-corrected chi connectivity index (χ2v) is 7.45. The van der Waals surface area contributed by atoms with Crippen LogP contribution < -0.4 is 5.69 Å². The highest BCUT2D eigenvalue weighted by molar-refractivity contribution is 5.78. The molecule has 1 aliphatic heterocycles. The monoisotopic (exact) mass is 375 g/mol. The molecule has 3 heterocycles. The Labute approximate surface area is 158 Å². The molecule has 1 aliphatic rings. The molecule has 1 unspecified atom stereocenters. The Morgan fingerprint density at radius 1 is 1.30 bits per heavy atom. The molecule has 1 saturated heterocycles. The molecular formula is C18H29N7O2. The minimum absolute atomic E-state index is 0.127. The van der Waals surface area contributed by atoms with Gasteiger partial charge in [0.1, 0.15) is 17.5 Å². The summed E-state index contributed by atoms with van der Waals surface area (Å²) in [4.78, 5) is 30.7. The molecule has 1 atom stereocenters. The minimum Gasteiger partial charge on any atom is -0.342 e. The standard InChI is InChI=1S/C18H29N7O2/c1-5-24-16(20-21-18(24)27)10-15-6-8-23(9-7-15)17(26)12(2)11-25-14(4)19-13(3)22-25/h12,15H,5-11H2,1-4H3,(H,21,27). The Hall–Kier alpha value is -2.45. The number of amides is 1. The molecule has 0 spiro atoms. The maximum Gasteiger partial charge on any atom is 0.343 e. The van der Waals surface area contributed by atoms with E-state index in [-0.39, 0.29) is 17.5 Å². The fourth-order valence-corrected chi connectivity index (χ4v) is 3.83. The van der Waals surface area contributed by atoms with Crippen LogP contribution in [0.15, 0.2) is 4.79 Å². The van der Waals surface area contributed by atoms with E-state index in [0.29, 0.717) is 19.0 Å². The van der Waals surface area contributed by atoms with Gasteiger partial charge in [0.2, 0.25) is 5.91 Å². The summed E-state index contributed by atoms with van der Waals surface area (Å²) in [6.45, 7) is 10.4. The van der Waals surface area contributed by atoms with Crippen LogP contribution in [0.5, 0.6) is 0 Å². The van der Waals surface area contributed by atoms with E-state index in [4.69, 9.17) is 0 Å². The molecule has 2 aromatic heterocycles. The number of hydrogen-bond acceptors (Lipinski definition) is 5. The molecule has 1 fully saturated rings. The molecule has 0 aliphatic carbocycles. The van der Waals surface area contributed by atoms with Crippen molar-refractivity contribution in [2.24, 2.45) is 11.8 Å². The number of aromatic amines is 1. The van der Waals surface area contributed by atoms with Crippen molar-refractivity contribution in [1.29, 1.82) is 0 Å². The highest BCUT2D eigenvalue weighted by atomic mass is 16.2. The summed E-state index contributed by atoms with van der Waals surface area (Å²) < 4.78 is 3.49. The summed E-state index contributed by atoms with van der Waals surface area (Å²) in [6, 6.07) is 0. The van der Waals surface area contributed by atoms with E-state index in [0.717, 1.165) is 49.8 Å². The molecule has 1 N–H and O–H groups in total. The van der Waals surface area contributed by atoms with Gasteiger partial charge in [-0.25, -0.2) is 19.6 Å². The normalized spacial score (nSPS) is 16.7. The SMILES string of the molecule is CCn1c(CC2CCN(C(=O)C(C)Cn3nc(C)nc3C)CC2)n[nH]c1=O. The molecule has 9 heteroatoms. The summed E-state index contributed by atoms with van der Waals surface area (Å²) in [5.41, 5.74) is -0.146. The molecule has 148 valence electrons. The first-order valence-electron chi connectivity index (χ1n) is 9.70. The average Bonchev–Trinajstić information content (AvgIpc) is 3.15. The van der Waals surface area contributed by atoms with E-state index < -0.39 is 0 Å². The van der Waals surface area contributed by atoms with Crippen molar-refractivity contribution in [1.82, 2.24) is 34.4 Å². The Morgan fingerprint density at radius 3 is 2.59 bits per heavy atom. The predicted molar refractivity (Wildman–Crippen MR) is 100 cm³/mol. The van der Waals surface area contributed by atoms with Crippen LogP contribution in [0.4, 0.5) is 0 Å². The molecular weight excluding hydrogens is 346 g/mol. The van der Waals surface area contributed by atoms with Crippen LogP contribution in [-0.2, 0) is 24.3 Å². The van der Waals surface area contributed by atoms with Gasteiger partial charge < -0.3 is 4.90 Å². The topological polar surface area (TPSA) is 102 Å². The summed E-state index contributed by atoms with van der Waals surface area (Å²) in [6.07, 6.45) is 2.65. The van der Waals surface area contributed by atoms with E-state index in [1.54, 1.807) is 4.57 Å². The molecule has 9 nitrogen and oxygen atoms in total. The van der Waals surface area contributed by atoms with Gasteiger partial charge in [0.05, 0.1) is 12.5 Å². The predicted octanol–water partition coefficient (Wildman–Crippen LogP) is 0.917. The van der Waals surface area contributed by atoms with Crippen molar-refractivity contribution >= 4 is 5.91 Å². The van der Waals surface area contributed by atoms with Gasteiger partial charge in [0, 0.05) is 26.1 Å². The zero-order chi connectivity index (χ0) is 19.6. The van der Waals surface area contributed by atoms with Crippen molar-refractivity contribution < 1.29 is 4.79 Å². The highest BCUT2D eigenvalue weighted by Crippen LogP contribution is 2.22. The number of H-pyrrole nitrogens is 1. The van der Waals surface area contributed by atoms with Gasteiger partial charge >= 0.3 is 5.69 Å². The Kier molecular flexibility index (Phi) is 5.76. The second-order valence-electron chi connectivity index (χ2n) is 7.45. The number of aryl methyl sites for hydroxylation is 2. The largest absolute Gasteiger partial charge is 0.343 e. The Morgan fingerprint density at radius 2 is 2.00 bits per heavy atom. The minimum atomic E-state index is -0.146. The van der Waals surface area contributed by atoms with Gasteiger partial charge in [-0.2, -0.15) is 10.2 Å². The van der Waals surface area contributed by atoms with Crippen LogP contribution in [0.3, 0.4) is 0 Å². The van der Waals surface area contributed by atoms with Crippen LogP contribution in [0, 0.1) is 25.7 Å². The number of piperidine rings is 1. The first kappa shape index (κ1) is 19.3. The second kappa shape index (κ2) is 8.06. The van der Waals surface area contributed by atoms with Crippen LogP contribution in [0.2, 0.25) is 0 Å². The summed E-state index contributed by atoms with van der Waals surface area (Å²) in [7, 11) is 0. The number of carbonyl (C=O) groups is 1. The van der Waals surface area contributed by atoms with Crippen LogP contribution in [-0.4, -0.2) is 53.4 Å². The summed E-state index contributed by atoms with van der Waals surface area (Å²) in [5, 5.41) is 11.0. The van der Waals surface area contributed by atoms with Crippen molar-refractivity contribution in [2.75, 3.05) is 13.1 Å². The van der Waals surface area contributed by atoms with Gasteiger partial charge in [-0.1, -0.05) is 6.92 Å². The van der Waals surface area contributed by atoms with Crippen LogP contribution >= 0.6 is 0 Å². The number of hydrogen-bond donors (Lipinski definition) is 1. The summed E-state index contributed by atoms with van der Waals surface area (Å²) >= 11 is 0. The van der Waals surface area contributed by atoms with Crippen molar-refractivity contribution in [3.63, 3.8) is 0 Å². The van der Waals surface area contributed by atoms with E-state index in [2.05, 4.69) is 20.3 Å². The fraction of sp³-hybridized carbons (Fsp3) is 0.722. The first-order chi connectivity index (χ1) is 12.9. The lowest BCUT2D eigenvalue weighted by Gasteiger charge is -2.33. The van der Waals surface area contributed by atoms with Crippen molar-refractivity contribution in [2.45, 2.75) is 60.0 Å². The first-order valence-corrected chi connectivity index (χ1v) is 9.70. The quantitative estimate of drug-likeness (QED) is 0.809. The third-order valence-electron chi connectivity index (χ3n) is 5.38. The van der Waals surface area contributed by atoms with Crippen LogP contribution in [0.25, 0.3) is 0 Å². The van der Waals surface area contributed by atoms with Gasteiger partial charge in [-0.15, -0.1) is 0 Å². The lowest BCUT2D eigenvalue weighted by atomic mass is 9.92. The number of carbonyl (C=O) groups excluding carboxylic acids is 1. The maximum atomic E-state index is 12.8. The van der Waals surface area contributed by atoms with Crippen LogP contribution in [0.1, 0.15) is 44.2 Å². The molecule has 1 amide bonds. The fourth-order valence-electron chi connectivity index (χ4n) is 3.83. The van der Waals surface area contributed by atoms with E-state index in [1.165, 1.54) is 0 Å². The lowest BCUT2D eigenvalue weighted by molar-refractivity contribution is -0.136. The molecule has 0 aromatic carbocycles. The maximum absolute atomic E-state index is 12.8. The summed E-state index contributed by atoms with van der Waals surface area (Å²) in [5.74, 6) is 2.88. The van der Waals surface area contributed by atoms with Gasteiger partial charge in [-0.05, 0) is 39.5 Å². The smallest absolute Gasteiger partial charge is 0.342 e. The Balaban J connectivity index is 1.52. The zero-order valence-corrected chi connectivity index (χ0v) is 16.6. The molecule has 0 bridgehead atoms. The lowest BCUT2D eigenvalue weighted by Crippen LogP contribution is -2.42. The Bertz CT molecular complexity index is 842. The van der Waals surface area contributed by atoms with Gasteiger partial charge in [0.25, 0.3) is 0 Å². The van der Waals surface area contributed by atoms with E-state index >= 15 is 0 Å². The number of nitrogens with one attached hydrogen (secondary N) is 1. The molecule has 3 rings (SSSR count). The molecule has 27 heavy (non-hydrogen) atoms. The molecule has 2 aromatic rings. The average molecular weight is 375 g/mol. The third kappa shape index (κ3) is 4.28. The van der Waals surface area contributed by atoms with E-state index in [1.807, 2.05) is 37.3 Å². The van der Waals surface area contributed by atoms with Gasteiger partial charge in [-0.3, -0.25) is 9.36 Å². The third-order valence-corrected chi connectivity index (χ3v) is 5.38. The van der Waals surface area contributed by atoms with Crippen molar-refractivity contribution in [3.8, 4) is 0 Å². The number of nitrogens with zero attached hydrogens (tertiary/aromatic N) is 6. The van der Waals surface area contributed by atoms with Crippen molar-refractivity contribution in [3.05, 3.63) is 28.0 Å². The molecule has 0 radical (unpaired) electrons. The molecule has 0 saturated carbocycles. The number of aromatic nitrogens is 6.